The summed E-state index contributed by atoms with van der Waals surface area (Å²) in [5, 5.41) is 6.06. The van der Waals surface area contributed by atoms with Crippen LogP contribution >= 0.6 is 0 Å². The minimum Gasteiger partial charge on any atom is -0.482 e. The van der Waals surface area contributed by atoms with Crippen LogP contribution in [0.4, 0.5) is 0 Å². The SMILES string of the molecule is COCC(C)NC(=O)COc1ccc(CNC(C)C)nc1. The number of rotatable bonds is 9. The van der Waals surface area contributed by atoms with Crippen molar-refractivity contribution < 1.29 is 14.3 Å². The van der Waals surface area contributed by atoms with Crippen LogP contribution in [-0.2, 0) is 16.1 Å². The monoisotopic (exact) mass is 295 g/mol. The zero-order valence-electron chi connectivity index (χ0n) is 13.2. The summed E-state index contributed by atoms with van der Waals surface area (Å²) < 4.78 is 10.3. The Bertz CT molecular complexity index is 421. The third-order valence-corrected chi connectivity index (χ3v) is 2.68. The van der Waals surface area contributed by atoms with E-state index in [1.807, 2.05) is 19.1 Å². The van der Waals surface area contributed by atoms with Crippen LogP contribution in [0, 0.1) is 0 Å². The lowest BCUT2D eigenvalue weighted by molar-refractivity contribution is -0.124. The van der Waals surface area contributed by atoms with Gasteiger partial charge in [-0.2, -0.15) is 0 Å². The minimum absolute atomic E-state index is 0.0284. The molecule has 0 aliphatic rings. The second-order valence-corrected chi connectivity index (χ2v) is 5.23. The number of nitrogens with one attached hydrogen (secondary N) is 2. The Labute approximate surface area is 126 Å². The first-order valence-corrected chi connectivity index (χ1v) is 7.10. The highest BCUT2D eigenvalue weighted by Gasteiger charge is 2.07. The number of amides is 1. The van der Waals surface area contributed by atoms with Gasteiger partial charge in [-0.3, -0.25) is 9.78 Å². The Kier molecular flexibility index (Phi) is 7.71. The van der Waals surface area contributed by atoms with Crippen molar-refractivity contribution in [1.82, 2.24) is 15.6 Å². The van der Waals surface area contributed by atoms with Gasteiger partial charge in [0.05, 0.1) is 18.5 Å². The van der Waals surface area contributed by atoms with Crippen molar-refractivity contribution in [1.29, 1.82) is 0 Å². The van der Waals surface area contributed by atoms with Crippen molar-refractivity contribution in [2.24, 2.45) is 0 Å². The van der Waals surface area contributed by atoms with Crippen molar-refractivity contribution >= 4 is 5.91 Å². The summed E-state index contributed by atoms with van der Waals surface area (Å²) in [4.78, 5) is 15.9. The molecule has 0 aliphatic carbocycles. The first-order valence-electron chi connectivity index (χ1n) is 7.10. The fraction of sp³-hybridized carbons (Fsp3) is 0.600. The van der Waals surface area contributed by atoms with Gasteiger partial charge in [-0.05, 0) is 19.1 Å². The van der Waals surface area contributed by atoms with Crippen LogP contribution in [0.3, 0.4) is 0 Å². The van der Waals surface area contributed by atoms with E-state index in [1.54, 1.807) is 13.3 Å². The predicted molar refractivity (Wildman–Crippen MR) is 81.2 cm³/mol. The molecule has 0 saturated heterocycles. The summed E-state index contributed by atoms with van der Waals surface area (Å²) in [5.74, 6) is 0.406. The molecule has 1 amide bonds. The minimum atomic E-state index is -0.176. The first-order chi connectivity index (χ1) is 10.0. The van der Waals surface area contributed by atoms with E-state index in [9.17, 15) is 4.79 Å². The van der Waals surface area contributed by atoms with E-state index in [1.165, 1.54) is 0 Å². The zero-order chi connectivity index (χ0) is 15.7. The number of hydrogen-bond acceptors (Lipinski definition) is 5. The Morgan fingerprint density at radius 1 is 1.33 bits per heavy atom. The van der Waals surface area contributed by atoms with Crippen LogP contribution in [0.25, 0.3) is 0 Å². The molecular weight excluding hydrogens is 270 g/mol. The lowest BCUT2D eigenvalue weighted by Gasteiger charge is -2.13. The number of methoxy groups -OCH3 is 1. The second kappa shape index (κ2) is 9.31. The van der Waals surface area contributed by atoms with E-state index in [4.69, 9.17) is 9.47 Å². The van der Waals surface area contributed by atoms with Crippen molar-refractivity contribution in [2.45, 2.75) is 39.4 Å². The smallest absolute Gasteiger partial charge is 0.258 e. The molecule has 21 heavy (non-hydrogen) atoms. The Balaban J connectivity index is 2.33. The average molecular weight is 295 g/mol. The van der Waals surface area contributed by atoms with E-state index in [0.717, 1.165) is 5.69 Å². The van der Waals surface area contributed by atoms with Gasteiger partial charge in [-0.15, -0.1) is 0 Å². The van der Waals surface area contributed by atoms with Crippen molar-refractivity contribution in [3.63, 3.8) is 0 Å². The normalized spacial score (nSPS) is 12.2. The highest BCUT2D eigenvalue weighted by Crippen LogP contribution is 2.09. The molecule has 0 fully saturated rings. The highest BCUT2D eigenvalue weighted by molar-refractivity contribution is 5.77. The third-order valence-electron chi connectivity index (χ3n) is 2.68. The molecule has 1 aromatic heterocycles. The molecule has 2 N–H and O–H groups in total. The molecule has 0 radical (unpaired) electrons. The largest absolute Gasteiger partial charge is 0.482 e. The Morgan fingerprint density at radius 2 is 2.10 bits per heavy atom. The molecule has 1 atom stereocenters. The van der Waals surface area contributed by atoms with Crippen LogP contribution in [0.2, 0.25) is 0 Å². The quantitative estimate of drug-likeness (QED) is 0.714. The summed E-state index contributed by atoms with van der Waals surface area (Å²) in [6.07, 6.45) is 1.63. The molecule has 1 aromatic rings. The third kappa shape index (κ3) is 7.63. The van der Waals surface area contributed by atoms with Gasteiger partial charge >= 0.3 is 0 Å². The average Bonchev–Trinajstić information content (AvgIpc) is 2.44. The van der Waals surface area contributed by atoms with Gasteiger partial charge in [0.25, 0.3) is 5.91 Å². The number of ether oxygens (including phenoxy) is 2. The van der Waals surface area contributed by atoms with Crippen LogP contribution in [0.5, 0.6) is 5.75 Å². The fourth-order valence-corrected chi connectivity index (χ4v) is 1.67. The van der Waals surface area contributed by atoms with Crippen LogP contribution in [0.15, 0.2) is 18.3 Å². The van der Waals surface area contributed by atoms with E-state index in [0.29, 0.717) is 24.9 Å². The van der Waals surface area contributed by atoms with E-state index >= 15 is 0 Å². The second-order valence-electron chi connectivity index (χ2n) is 5.23. The number of aromatic nitrogens is 1. The summed E-state index contributed by atoms with van der Waals surface area (Å²) in [5.41, 5.74) is 0.939. The highest BCUT2D eigenvalue weighted by atomic mass is 16.5. The Hall–Kier alpha value is -1.66. The molecular formula is C15H25N3O3. The molecule has 6 nitrogen and oxygen atoms in total. The van der Waals surface area contributed by atoms with Gasteiger partial charge in [0, 0.05) is 25.7 Å². The van der Waals surface area contributed by atoms with Crippen molar-refractivity contribution in [3.8, 4) is 5.75 Å². The molecule has 118 valence electrons. The lowest BCUT2D eigenvalue weighted by Crippen LogP contribution is -2.38. The predicted octanol–water partition coefficient (Wildman–Crippen LogP) is 1.11. The van der Waals surface area contributed by atoms with Crippen LogP contribution in [0.1, 0.15) is 26.5 Å². The number of hydrogen-bond donors (Lipinski definition) is 2. The molecule has 0 bridgehead atoms. The van der Waals surface area contributed by atoms with Gasteiger partial charge in [-0.1, -0.05) is 13.8 Å². The topological polar surface area (TPSA) is 72.5 Å². The van der Waals surface area contributed by atoms with Crippen LogP contribution in [-0.4, -0.2) is 43.3 Å². The standard InChI is InChI=1S/C15H25N3O3/c1-11(2)16-7-13-5-6-14(8-17-13)21-10-15(19)18-12(3)9-20-4/h5-6,8,11-12,16H,7,9-10H2,1-4H3,(H,18,19). The maximum atomic E-state index is 11.6. The molecule has 0 aromatic carbocycles. The van der Waals surface area contributed by atoms with Crippen LogP contribution < -0.4 is 15.4 Å². The van der Waals surface area contributed by atoms with Crippen molar-refractivity contribution in [3.05, 3.63) is 24.0 Å². The van der Waals surface area contributed by atoms with E-state index in [-0.39, 0.29) is 18.6 Å². The molecule has 1 heterocycles. The van der Waals surface area contributed by atoms with E-state index in [2.05, 4.69) is 29.5 Å². The Morgan fingerprint density at radius 3 is 2.67 bits per heavy atom. The lowest BCUT2D eigenvalue weighted by atomic mass is 10.3. The van der Waals surface area contributed by atoms with Gasteiger partial charge < -0.3 is 20.1 Å². The maximum absolute atomic E-state index is 11.6. The maximum Gasteiger partial charge on any atom is 0.258 e. The first kappa shape index (κ1) is 17.4. The van der Waals surface area contributed by atoms with Gasteiger partial charge in [0.2, 0.25) is 0 Å². The number of pyridine rings is 1. The van der Waals surface area contributed by atoms with E-state index < -0.39 is 0 Å². The van der Waals surface area contributed by atoms with Crippen molar-refractivity contribution in [2.75, 3.05) is 20.3 Å². The summed E-state index contributed by atoms with van der Waals surface area (Å²) >= 11 is 0. The van der Waals surface area contributed by atoms with Gasteiger partial charge in [0.15, 0.2) is 6.61 Å². The molecule has 1 unspecified atom stereocenters. The molecule has 6 heteroatoms. The fourth-order valence-electron chi connectivity index (χ4n) is 1.67. The molecule has 0 aliphatic heterocycles. The zero-order valence-corrected chi connectivity index (χ0v) is 13.2. The molecule has 0 spiro atoms. The number of carbonyl (C=O) groups is 1. The summed E-state index contributed by atoms with van der Waals surface area (Å²) in [6.45, 7) is 7.21. The van der Waals surface area contributed by atoms with Gasteiger partial charge in [0.1, 0.15) is 5.75 Å². The number of nitrogens with zero attached hydrogens (tertiary/aromatic N) is 1. The summed E-state index contributed by atoms with van der Waals surface area (Å²) in [7, 11) is 1.60. The molecule has 0 saturated carbocycles. The van der Waals surface area contributed by atoms with Gasteiger partial charge in [-0.25, -0.2) is 0 Å². The summed E-state index contributed by atoms with van der Waals surface area (Å²) in [6, 6.07) is 4.08. The molecule has 1 rings (SSSR count). The number of carbonyl (C=O) groups excluding carboxylic acids is 1.